The van der Waals surface area contributed by atoms with E-state index in [9.17, 15) is 9.90 Å². The summed E-state index contributed by atoms with van der Waals surface area (Å²) in [6.07, 6.45) is 5.63. The third-order valence-electron chi connectivity index (χ3n) is 4.11. The second-order valence-corrected chi connectivity index (χ2v) is 5.76. The van der Waals surface area contributed by atoms with E-state index in [-0.39, 0.29) is 11.8 Å². The van der Waals surface area contributed by atoms with Crippen molar-refractivity contribution in [3.05, 3.63) is 17.5 Å². The number of carboxylic acid groups (broad SMARTS) is 1. The summed E-state index contributed by atoms with van der Waals surface area (Å²) >= 11 is 5.95. The lowest BCUT2D eigenvalue weighted by Gasteiger charge is -2.32. The van der Waals surface area contributed by atoms with Crippen molar-refractivity contribution >= 4 is 17.6 Å². The average Bonchev–Trinajstić information content (AvgIpc) is 3.08. The van der Waals surface area contributed by atoms with Gasteiger partial charge >= 0.3 is 5.97 Å². The molecular formula is C13H15ClN4O3. The molecule has 2 heterocycles. The van der Waals surface area contributed by atoms with Gasteiger partial charge in [-0.1, -0.05) is 19.3 Å². The first-order valence-corrected chi connectivity index (χ1v) is 7.23. The first-order chi connectivity index (χ1) is 10.1. The highest BCUT2D eigenvalue weighted by Crippen LogP contribution is 2.39. The number of hydrogen-bond donors (Lipinski definition) is 1. The van der Waals surface area contributed by atoms with Crippen LogP contribution in [0.2, 0.25) is 5.22 Å². The lowest BCUT2D eigenvalue weighted by atomic mass is 9.74. The van der Waals surface area contributed by atoms with Crippen molar-refractivity contribution in [3.63, 3.8) is 0 Å². The van der Waals surface area contributed by atoms with Gasteiger partial charge in [-0.15, -0.1) is 5.10 Å². The molecule has 0 unspecified atom stereocenters. The van der Waals surface area contributed by atoms with E-state index in [4.69, 9.17) is 16.0 Å². The molecule has 0 aliphatic heterocycles. The van der Waals surface area contributed by atoms with Crippen molar-refractivity contribution in [2.75, 3.05) is 0 Å². The van der Waals surface area contributed by atoms with E-state index in [1.54, 1.807) is 6.07 Å². The van der Waals surface area contributed by atoms with Gasteiger partial charge in [0, 0.05) is 0 Å². The molecule has 0 aromatic carbocycles. The summed E-state index contributed by atoms with van der Waals surface area (Å²) < 4.78 is 6.56. The highest BCUT2D eigenvalue weighted by molar-refractivity contribution is 6.31. The summed E-state index contributed by atoms with van der Waals surface area (Å²) in [5, 5.41) is 21.3. The first-order valence-electron chi connectivity index (χ1n) is 6.85. The molecule has 3 rings (SSSR count). The highest BCUT2D eigenvalue weighted by Gasteiger charge is 2.41. The molecule has 0 amide bonds. The summed E-state index contributed by atoms with van der Waals surface area (Å²) in [6.45, 7) is 0.242. The summed E-state index contributed by atoms with van der Waals surface area (Å²) in [6, 6.07) is 1.67. The number of furan rings is 1. The molecule has 0 atom stereocenters. The molecule has 2 aromatic rings. The second kappa shape index (κ2) is 5.48. The number of rotatable bonds is 4. The highest BCUT2D eigenvalue weighted by atomic mass is 35.5. The Hall–Kier alpha value is -1.89. The molecule has 0 saturated heterocycles. The van der Waals surface area contributed by atoms with Gasteiger partial charge in [0.25, 0.3) is 0 Å². The van der Waals surface area contributed by atoms with Crippen LogP contribution in [0.4, 0.5) is 0 Å². The maximum absolute atomic E-state index is 11.7. The van der Waals surface area contributed by atoms with Crippen LogP contribution in [-0.2, 0) is 11.3 Å². The van der Waals surface area contributed by atoms with Crippen LogP contribution in [0.1, 0.15) is 32.1 Å². The van der Waals surface area contributed by atoms with E-state index < -0.39 is 11.4 Å². The Morgan fingerprint density at radius 3 is 2.81 bits per heavy atom. The first kappa shape index (κ1) is 14.1. The molecule has 8 heteroatoms. The van der Waals surface area contributed by atoms with Crippen LogP contribution in [0.25, 0.3) is 11.4 Å². The molecule has 112 valence electrons. The van der Waals surface area contributed by atoms with Crippen LogP contribution < -0.4 is 0 Å². The van der Waals surface area contributed by atoms with Gasteiger partial charge in [0.2, 0.25) is 5.22 Å². The Morgan fingerprint density at radius 2 is 2.19 bits per heavy atom. The van der Waals surface area contributed by atoms with E-state index in [1.165, 1.54) is 10.9 Å². The fourth-order valence-corrected chi connectivity index (χ4v) is 3.11. The standard InChI is InChI=1S/C13H15ClN4O3/c14-10-9(4-7-21-10)11-15-16-17-18(11)8-13(12(19)20)5-2-1-3-6-13/h4,7H,1-3,5-6,8H2,(H,19,20). The third kappa shape index (κ3) is 2.53. The van der Waals surface area contributed by atoms with Crippen molar-refractivity contribution in [2.24, 2.45) is 5.41 Å². The number of hydrogen-bond acceptors (Lipinski definition) is 5. The fourth-order valence-electron chi connectivity index (χ4n) is 2.91. The van der Waals surface area contributed by atoms with Gasteiger partial charge < -0.3 is 9.52 Å². The van der Waals surface area contributed by atoms with Gasteiger partial charge in [-0.3, -0.25) is 4.79 Å². The SMILES string of the molecule is O=C(O)C1(Cn2nnnc2-c2ccoc2Cl)CCCCC1. The van der Waals surface area contributed by atoms with Crippen molar-refractivity contribution in [2.45, 2.75) is 38.6 Å². The number of nitrogens with zero attached hydrogens (tertiary/aromatic N) is 4. The Balaban J connectivity index is 1.93. The Bertz CT molecular complexity index is 645. The van der Waals surface area contributed by atoms with Crippen molar-refractivity contribution in [1.82, 2.24) is 20.2 Å². The summed E-state index contributed by atoms with van der Waals surface area (Å²) in [7, 11) is 0. The summed E-state index contributed by atoms with van der Waals surface area (Å²) in [5.41, 5.74) is -0.239. The van der Waals surface area contributed by atoms with E-state index in [2.05, 4.69) is 15.5 Å². The molecule has 7 nitrogen and oxygen atoms in total. The van der Waals surface area contributed by atoms with Crippen LogP contribution >= 0.6 is 11.6 Å². The topological polar surface area (TPSA) is 94.0 Å². The maximum Gasteiger partial charge on any atom is 0.311 e. The van der Waals surface area contributed by atoms with Crippen molar-refractivity contribution in [3.8, 4) is 11.4 Å². The molecule has 2 aromatic heterocycles. The normalized spacial score (nSPS) is 17.8. The zero-order valence-corrected chi connectivity index (χ0v) is 12.1. The minimum Gasteiger partial charge on any atom is -0.481 e. The second-order valence-electron chi connectivity index (χ2n) is 5.41. The van der Waals surface area contributed by atoms with Gasteiger partial charge in [0.15, 0.2) is 5.82 Å². The van der Waals surface area contributed by atoms with Gasteiger partial charge in [0.1, 0.15) is 0 Å². The third-order valence-corrected chi connectivity index (χ3v) is 4.40. The quantitative estimate of drug-likeness (QED) is 0.932. The van der Waals surface area contributed by atoms with E-state index in [0.717, 1.165) is 19.3 Å². The Labute approximate surface area is 125 Å². The minimum absolute atomic E-state index is 0.194. The molecule has 0 bridgehead atoms. The smallest absolute Gasteiger partial charge is 0.311 e. The molecular weight excluding hydrogens is 296 g/mol. The van der Waals surface area contributed by atoms with Crippen LogP contribution in [0, 0.1) is 5.41 Å². The predicted octanol–water partition coefficient (Wildman–Crippen LogP) is 2.62. The maximum atomic E-state index is 11.7. The van der Waals surface area contributed by atoms with Crippen LogP contribution in [0.5, 0.6) is 0 Å². The predicted molar refractivity (Wildman–Crippen MR) is 73.7 cm³/mol. The summed E-state index contributed by atoms with van der Waals surface area (Å²) in [5.74, 6) is -0.359. The number of halogens is 1. The average molecular weight is 311 g/mol. The Kier molecular flexibility index (Phi) is 3.67. The van der Waals surface area contributed by atoms with Crippen LogP contribution in [0.3, 0.4) is 0 Å². The largest absolute Gasteiger partial charge is 0.481 e. The van der Waals surface area contributed by atoms with E-state index in [1.807, 2.05) is 0 Å². The molecule has 1 fully saturated rings. The van der Waals surface area contributed by atoms with Crippen LogP contribution in [0.15, 0.2) is 16.7 Å². The van der Waals surface area contributed by atoms with Crippen LogP contribution in [-0.4, -0.2) is 31.3 Å². The number of aromatic nitrogens is 4. The molecule has 21 heavy (non-hydrogen) atoms. The molecule has 1 saturated carbocycles. The number of tetrazole rings is 1. The minimum atomic E-state index is -0.807. The van der Waals surface area contributed by atoms with E-state index >= 15 is 0 Å². The van der Waals surface area contributed by atoms with Gasteiger partial charge in [-0.2, -0.15) is 0 Å². The van der Waals surface area contributed by atoms with Gasteiger partial charge in [-0.05, 0) is 40.9 Å². The van der Waals surface area contributed by atoms with Gasteiger partial charge in [-0.25, -0.2) is 4.68 Å². The zero-order valence-electron chi connectivity index (χ0n) is 11.3. The molecule has 1 aliphatic carbocycles. The fraction of sp³-hybridized carbons (Fsp3) is 0.538. The molecule has 1 aliphatic rings. The van der Waals surface area contributed by atoms with E-state index in [0.29, 0.717) is 24.2 Å². The number of carboxylic acids is 1. The lowest BCUT2D eigenvalue weighted by molar-refractivity contribution is -0.152. The molecule has 0 radical (unpaired) electrons. The van der Waals surface area contributed by atoms with Gasteiger partial charge in [0.05, 0.1) is 23.8 Å². The number of carbonyl (C=O) groups is 1. The molecule has 1 N–H and O–H groups in total. The lowest BCUT2D eigenvalue weighted by Crippen LogP contribution is -2.38. The zero-order chi connectivity index (χ0) is 14.9. The van der Waals surface area contributed by atoms with Crippen molar-refractivity contribution < 1.29 is 14.3 Å². The number of aliphatic carboxylic acids is 1. The summed E-state index contributed by atoms with van der Waals surface area (Å²) in [4.78, 5) is 11.7. The van der Waals surface area contributed by atoms with Crippen molar-refractivity contribution in [1.29, 1.82) is 0 Å². The molecule has 0 spiro atoms. The Morgan fingerprint density at radius 1 is 1.43 bits per heavy atom. The monoisotopic (exact) mass is 310 g/mol.